The Balaban J connectivity index is 2.51. The Kier molecular flexibility index (Phi) is 2.62. The van der Waals surface area contributed by atoms with Gasteiger partial charge in [0.05, 0.1) is 5.41 Å². The first-order valence-corrected chi connectivity index (χ1v) is 5.60. The minimum Gasteiger partial charge on any atom is -0.508 e. The van der Waals surface area contributed by atoms with Crippen LogP contribution in [0.15, 0.2) is 18.2 Å². The van der Waals surface area contributed by atoms with Gasteiger partial charge in [0.2, 0.25) is 0 Å². The zero-order valence-corrected chi connectivity index (χ0v) is 9.36. The minimum absolute atomic E-state index is 0.115. The summed E-state index contributed by atoms with van der Waals surface area (Å²) in [6.45, 7) is 1.88. The van der Waals surface area contributed by atoms with Crippen LogP contribution in [0.2, 0.25) is 0 Å². The molecule has 0 spiro atoms. The Morgan fingerprint density at radius 3 is 2.44 bits per heavy atom. The summed E-state index contributed by atoms with van der Waals surface area (Å²) in [7, 11) is 0. The number of benzene rings is 1. The van der Waals surface area contributed by atoms with E-state index in [1.54, 1.807) is 12.1 Å². The van der Waals surface area contributed by atoms with Crippen molar-refractivity contribution in [2.45, 2.75) is 38.0 Å². The molecular formula is C13H16O3. The van der Waals surface area contributed by atoms with Crippen LogP contribution >= 0.6 is 0 Å². The second-order valence-corrected chi connectivity index (χ2v) is 4.61. The number of carboxylic acid groups (broad SMARTS) is 1. The van der Waals surface area contributed by atoms with Gasteiger partial charge >= 0.3 is 5.97 Å². The van der Waals surface area contributed by atoms with Gasteiger partial charge in [0.1, 0.15) is 5.75 Å². The van der Waals surface area contributed by atoms with E-state index in [0.717, 1.165) is 18.4 Å². The molecule has 0 atom stereocenters. The SMILES string of the molecule is Cc1ccc(C2(C(=O)O)CCCC2)c(O)c1. The zero-order valence-electron chi connectivity index (χ0n) is 9.36. The molecule has 0 heterocycles. The number of phenolic OH excluding ortho intramolecular Hbond substituents is 1. The molecule has 86 valence electrons. The summed E-state index contributed by atoms with van der Waals surface area (Å²) in [4.78, 5) is 11.5. The number of aliphatic carboxylic acids is 1. The van der Waals surface area contributed by atoms with Crippen molar-refractivity contribution in [3.8, 4) is 5.75 Å². The third kappa shape index (κ3) is 1.56. The van der Waals surface area contributed by atoms with Gasteiger partial charge in [-0.3, -0.25) is 4.79 Å². The molecule has 0 saturated heterocycles. The van der Waals surface area contributed by atoms with Crippen LogP contribution in [0.25, 0.3) is 0 Å². The van der Waals surface area contributed by atoms with Crippen LogP contribution in [-0.2, 0) is 10.2 Å². The summed E-state index contributed by atoms with van der Waals surface area (Å²) in [5.74, 6) is -0.701. The number of carboxylic acids is 1. The van der Waals surface area contributed by atoms with Crippen molar-refractivity contribution in [2.75, 3.05) is 0 Å². The van der Waals surface area contributed by atoms with Gasteiger partial charge in [-0.2, -0.15) is 0 Å². The molecule has 0 aromatic heterocycles. The molecule has 0 radical (unpaired) electrons. The second kappa shape index (κ2) is 3.81. The third-order valence-corrected chi connectivity index (χ3v) is 3.54. The molecule has 1 saturated carbocycles. The van der Waals surface area contributed by atoms with Crippen molar-refractivity contribution < 1.29 is 15.0 Å². The van der Waals surface area contributed by atoms with Crippen LogP contribution in [0, 0.1) is 6.92 Å². The van der Waals surface area contributed by atoms with Gasteiger partial charge in [0, 0.05) is 5.56 Å². The minimum atomic E-state index is -0.863. The van der Waals surface area contributed by atoms with Crippen molar-refractivity contribution in [1.82, 2.24) is 0 Å². The van der Waals surface area contributed by atoms with E-state index in [-0.39, 0.29) is 5.75 Å². The predicted octanol–water partition coefficient (Wildman–Crippen LogP) is 2.60. The quantitative estimate of drug-likeness (QED) is 0.805. The maximum Gasteiger partial charge on any atom is 0.314 e. The Labute approximate surface area is 94.7 Å². The fourth-order valence-electron chi connectivity index (χ4n) is 2.62. The molecule has 1 aliphatic carbocycles. The van der Waals surface area contributed by atoms with E-state index in [4.69, 9.17) is 0 Å². The number of phenols is 1. The largest absolute Gasteiger partial charge is 0.508 e. The highest BCUT2D eigenvalue weighted by Crippen LogP contribution is 2.44. The van der Waals surface area contributed by atoms with E-state index in [1.807, 2.05) is 13.0 Å². The van der Waals surface area contributed by atoms with Crippen LogP contribution in [0.1, 0.15) is 36.8 Å². The average Bonchev–Trinajstić information content (AvgIpc) is 2.67. The van der Waals surface area contributed by atoms with Crippen molar-refractivity contribution in [3.63, 3.8) is 0 Å². The summed E-state index contributed by atoms with van der Waals surface area (Å²) < 4.78 is 0. The fourth-order valence-corrected chi connectivity index (χ4v) is 2.62. The lowest BCUT2D eigenvalue weighted by Crippen LogP contribution is -2.32. The van der Waals surface area contributed by atoms with Crippen LogP contribution in [0.5, 0.6) is 5.75 Å². The summed E-state index contributed by atoms with van der Waals surface area (Å²) in [6, 6.07) is 5.25. The highest BCUT2D eigenvalue weighted by atomic mass is 16.4. The highest BCUT2D eigenvalue weighted by Gasteiger charge is 2.44. The summed E-state index contributed by atoms with van der Waals surface area (Å²) in [5, 5.41) is 19.3. The second-order valence-electron chi connectivity index (χ2n) is 4.61. The lowest BCUT2D eigenvalue weighted by molar-refractivity contribution is -0.143. The van der Waals surface area contributed by atoms with Crippen molar-refractivity contribution >= 4 is 5.97 Å². The highest BCUT2D eigenvalue weighted by molar-refractivity contribution is 5.83. The fraction of sp³-hybridized carbons (Fsp3) is 0.462. The molecule has 2 N–H and O–H groups in total. The Morgan fingerprint density at radius 1 is 1.31 bits per heavy atom. The number of aryl methyl sites for hydroxylation is 1. The van der Waals surface area contributed by atoms with Gasteiger partial charge in [-0.25, -0.2) is 0 Å². The number of rotatable bonds is 2. The molecule has 1 fully saturated rings. The van der Waals surface area contributed by atoms with Gasteiger partial charge in [-0.1, -0.05) is 25.0 Å². The molecule has 1 aromatic carbocycles. The lowest BCUT2D eigenvalue weighted by Gasteiger charge is -2.25. The van der Waals surface area contributed by atoms with Crippen molar-refractivity contribution in [3.05, 3.63) is 29.3 Å². The lowest BCUT2D eigenvalue weighted by atomic mass is 9.78. The Morgan fingerprint density at radius 2 is 1.94 bits per heavy atom. The Bertz CT molecular complexity index is 417. The molecular weight excluding hydrogens is 204 g/mol. The number of hydrogen-bond donors (Lipinski definition) is 2. The van der Waals surface area contributed by atoms with Gasteiger partial charge in [-0.15, -0.1) is 0 Å². The smallest absolute Gasteiger partial charge is 0.314 e. The standard InChI is InChI=1S/C13H16O3/c1-9-4-5-10(11(14)8-9)13(12(15)16)6-2-3-7-13/h4-5,8,14H,2-3,6-7H2,1H3,(H,15,16). The van der Waals surface area contributed by atoms with Crippen LogP contribution in [0.3, 0.4) is 0 Å². The summed E-state index contributed by atoms with van der Waals surface area (Å²) in [6.07, 6.45) is 3.08. The van der Waals surface area contributed by atoms with Crippen LogP contribution in [0.4, 0.5) is 0 Å². The van der Waals surface area contributed by atoms with E-state index in [9.17, 15) is 15.0 Å². The monoisotopic (exact) mass is 220 g/mol. The van der Waals surface area contributed by atoms with Gasteiger partial charge in [0.25, 0.3) is 0 Å². The maximum atomic E-state index is 11.5. The third-order valence-electron chi connectivity index (χ3n) is 3.54. The molecule has 1 aromatic rings. The van der Waals surface area contributed by atoms with E-state index >= 15 is 0 Å². The molecule has 2 rings (SSSR count). The molecule has 16 heavy (non-hydrogen) atoms. The molecule has 0 unspecified atom stereocenters. The number of aromatic hydroxyl groups is 1. The Hall–Kier alpha value is -1.51. The molecule has 0 aliphatic heterocycles. The van der Waals surface area contributed by atoms with Crippen LogP contribution in [-0.4, -0.2) is 16.2 Å². The first-order chi connectivity index (χ1) is 7.56. The van der Waals surface area contributed by atoms with Gasteiger partial charge in [0.15, 0.2) is 0 Å². The van der Waals surface area contributed by atoms with E-state index in [2.05, 4.69) is 0 Å². The number of carbonyl (C=O) groups is 1. The van der Waals surface area contributed by atoms with E-state index in [1.165, 1.54) is 0 Å². The van der Waals surface area contributed by atoms with Crippen molar-refractivity contribution in [1.29, 1.82) is 0 Å². The topological polar surface area (TPSA) is 57.5 Å². The number of hydrogen-bond acceptors (Lipinski definition) is 2. The van der Waals surface area contributed by atoms with Crippen molar-refractivity contribution in [2.24, 2.45) is 0 Å². The molecule has 0 amide bonds. The summed E-state index contributed by atoms with van der Waals surface area (Å²) in [5.41, 5.74) is 0.653. The molecule has 1 aliphatic rings. The molecule has 3 nitrogen and oxygen atoms in total. The zero-order chi connectivity index (χ0) is 11.8. The van der Waals surface area contributed by atoms with Gasteiger partial charge < -0.3 is 10.2 Å². The van der Waals surface area contributed by atoms with E-state index in [0.29, 0.717) is 18.4 Å². The normalized spacial score (nSPS) is 18.6. The predicted molar refractivity (Wildman–Crippen MR) is 60.6 cm³/mol. The first kappa shape index (κ1) is 11.0. The van der Waals surface area contributed by atoms with Gasteiger partial charge in [-0.05, 0) is 31.4 Å². The average molecular weight is 220 g/mol. The summed E-state index contributed by atoms with van der Waals surface area (Å²) >= 11 is 0. The first-order valence-electron chi connectivity index (χ1n) is 5.60. The molecule has 0 bridgehead atoms. The molecule has 3 heteroatoms. The van der Waals surface area contributed by atoms with Crippen LogP contribution < -0.4 is 0 Å². The maximum absolute atomic E-state index is 11.5. The van der Waals surface area contributed by atoms with E-state index < -0.39 is 11.4 Å².